The number of halogens is 1. The Labute approximate surface area is 159 Å². The summed E-state index contributed by atoms with van der Waals surface area (Å²) in [6, 6.07) is 14.2. The Morgan fingerprint density at radius 3 is 2.30 bits per heavy atom. The van der Waals surface area contributed by atoms with Crippen molar-refractivity contribution >= 4 is 17.5 Å². The van der Waals surface area contributed by atoms with Crippen molar-refractivity contribution in [2.24, 2.45) is 0 Å². The van der Waals surface area contributed by atoms with E-state index >= 15 is 0 Å². The van der Waals surface area contributed by atoms with Crippen molar-refractivity contribution in [1.29, 1.82) is 0 Å². The number of quaternary nitrogens is 1. The van der Waals surface area contributed by atoms with E-state index in [0.29, 0.717) is 18.5 Å². The molecule has 0 saturated carbocycles. The molecule has 5 nitrogen and oxygen atoms in total. The lowest BCUT2D eigenvalue weighted by Crippen LogP contribution is -3.11. The molecule has 0 fully saturated rings. The van der Waals surface area contributed by atoms with Gasteiger partial charge >= 0.3 is 0 Å². The maximum absolute atomic E-state index is 13.5. The van der Waals surface area contributed by atoms with Crippen LogP contribution in [0.4, 0.5) is 10.1 Å². The van der Waals surface area contributed by atoms with Gasteiger partial charge in [0.2, 0.25) is 0 Å². The molecule has 0 aliphatic carbocycles. The molecule has 1 unspecified atom stereocenters. The van der Waals surface area contributed by atoms with Crippen LogP contribution in [0.2, 0.25) is 0 Å². The minimum absolute atomic E-state index is 0.132. The van der Waals surface area contributed by atoms with Gasteiger partial charge in [0, 0.05) is 12.2 Å². The molecule has 0 heterocycles. The second-order valence-corrected chi connectivity index (χ2v) is 6.56. The quantitative estimate of drug-likeness (QED) is 0.619. The number of nitrogens with one attached hydrogen (secondary N) is 3. The molecule has 2 rings (SSSR count). The zero-order chi connectivity index (χ0) is 19.6. The first kappa shape index (κ1) is 20.6. The summed E-state index contributed by atoms with van der Waals surface area (Å²) < 4.78 is 13.5. The number of likely N-dealkylation sites (N-methyl/N-ethyl adjacent to an activating group) is 1. The highest BCUT2D eigenvalue weighted by atomic mass is 19.1. The van der Waals surface area contributed by atoms with E-state index in [1.54, 1.807) is 25.2 Å². The first-order valence-electron chi connectivity index (χ1n) is 9.18. The molecule has 6 heteroatoms. The summed E-state index contributed by atoms with van der Waals surface area (Å²) in [5, 5.41) is 5.68. The largest absolute Gasteiger partial charge is 0.351 e. The van der Waals surface area contributed by atoms with Crippen molar-refractivity contribution in [3.05, 3.63) is 65.5 Å². The molecule has 2 amide bonds. The second-order valence-electron chi connectivity index (χ2n) is 6.56. The van der Waals surface area contributed by atoms with Crippen molar-refractivity contribution in [2.75, 3.05) is 32.0 Å². The van der Waals surface area contributed by atoms with Crippen LogP contribution in [-0.2, 0) is 22.4 Å². The van der Waals surface area contributed by atoms with Crippen LogP contribution in [-0.4, -0.2) is 38.5 Å². The van der Waals surface area contributed by atoms with Crippen LogP contribution in [0.15, 0.2) is 48.5 Å². The Bertz CT molecular complexity index is 780. The molecule has 3 N–H and O–H groups in total. The van der Waals surface area contributed by atoms with E-state index in [-0.39, 0.29) is 30.7 Å². The first-order valence-corrected chi connectivity index (χ1v) is 9.18. The number of carbonyl (C=O) groups is 2. The first-order chi connectivity index (χ1) is 13.0. The SMILES string of the molecule is CCc1ccccc1NC(=O)C[NH+](C)CC(=O)NCCc1ccccc1F. The molecule has 27 heavy (non-hydrogen) atoms. The van der Waals surface area contributed by atoms with E-state index in [2.05, 4.69) is 10.6 Å². The van der Waals surface area contributed by atoms with Crippen LogP contribution < -0.4 is 15.5 Å². The molecule has 0 aliphatic heterocycles. The molecule has 0 saturated heterocycles. The normalized spacial score (nSPS) is 11.7. The van der Waals surface area contributed by atoms with Gasteiger partial charge in [-0.2, -0.15) is 0 Å². The summed E-state index contributed by atoms with van der Waals surface area (Å²) in [5.74, 6) is -0.559. The third-order valence-electron chi connectivity index (χ3n) is 4.27. The molecule has 2 aromatic carbocycles. The van der Waals surface area contributed by atoms with Gasteiger partial charge in [-0.25, -0.2) is 4.39 Å². The van der Waals surface area contributed by atoms with E-state index in [0.717, 1.165) is 22.6 Å². The molecule has 0 radical (unpaired) electrons. The minimum Gasteiger partial charge on any atom is -0.351 e. The number of aryl methyl sites for hydroxylation is 1. The molecular weight excluding hydrogens is 345 g/mol. The van der Waals surface area contributed by atoms with E-state index in [9.17, 15) is 14.0 Å². The summed E-state index contributed by atoms with van der Waals surface area (Å²) in [6.07, 6.45) is 1.27. The van der Waals surface area contributed by atoms with Gasteiger partial charge in [0.1, 0.15) is 5.82 Å². The minimum atomic E-state index is -0.265. The molecule has 0 bridgehead atoms. The Morgan fingerprint density at radius 2 is 1.59 bits per heavy atom. The van der Waals surface area contributed by atoms with E-state index < -0.39 is 0 Å². The molecule has 144 valence electrons. The summed E-state index contributed by atoms with van der Waals surface area (Å²) in [7, 11) is 1.79. The average Bonchev–Trinajstić information content (AvgIpc) is 2.63. The van der Waals surface area contributed by atoms with Gasteiger partial charge < -0.3 is 15.5 Å². The van der Waals surface area contributed by atoms with Crippen LogP contribution in [0.25, 0.3) is 0 Å². The van der Waals surface area contributed by atoms with Crippen LogP contribution in [0.3, 0.4) is 0 Å². The number of carbonyl (C=O) groups excluding carboxylic acids is 2. The molecular formula is C21H27FN3O2+. The predicted octanol–water partition coefficient (Wildman–Crippen LogP) is 1.20. The number of benzene rings is 2. The smallest absolute Gasteiger partial charge is 0.279 e. The monoisotopic (exact) mass is 372 g/mol. The zero-order valence-corrected chi connectivity index (χ0v) is 15.8. The molecule has 1 atom stereocenters. The Balaban J connectivity index is 1.72. The summed E-state index contributed by atoms with van der Waals surface area (Å²) in [5.41, 5.74) is 2.47. The Kier molecular flexibility index (Phi) is 7.95. The highest BCUT2D eigenvalue weighted by molar-refractivity contribution is 5.92. The van der Waals surface area contributed by atoms with Crippen LogP contribution in [0.5, 0.6) is 0 Å². The van der Waals surface area contributed by atoms with E-state index in [4.69, 9.17) is 0 Å². The summed E-state index contributed by atoms with van der Waals surface area (Å²) in [4.78, 5) is 25.0. The lowest BCUT2D eigenvalue weighted by atomic mass is 10.1. The van der Waals surface area contributed by atoms with E-state index in [1.165, 1.54) is 6.07 Å². The number of rotatable bonds is 9. The van der Waals surface area contributed by atoms with Crippen LogP contribution in [0, 0.1) is 5.82 Å². The summed E-state index contributed by atoms with van der Waals surface area (Å²) in [6.45, 7) is 2.77. The van der Waals surface area contributed by atoms with Crippen molar-refractivity contribution in [2.45, 2.75) is 19.8 Å². The summed E-state index contributed by atoms with van der Waals surface area (Å²) >= 11 is 0. The van der Waals surface area contributed by atoms with Crippen molar-refractivity contribution in [3.63, 3.8) is 0 Å². The van der Waals surface area contributed by atoms with Crippen LogP contribution >= 0.6 is 0 Å². The van der Waals surface area contributed by atoms with Gasteiger partial charge in [-0.05, 0) is 36.1 Å². The Morgan fingerprint density at radius 1 is 0.963 bits per heavy atom. The number of amides is 2. The second kappa shape index (κ2) is 10.4. The predicted molar refractivity (Wildman–Crippen MR) is 104 cm³/mol. The molecule has 0 aliphatic rings. The molecule has 0 aromatic heterocycles. The third kappa shape index (κ3) is 6.83. The number of hydrogen-bond acceptors (Lipinski definition) is 2. The average molecular weight is 372 g/mol. The van der Waals surface area contributed by atoms with Gasteiger partial charge in [-0.3, -0.25) is 9.59 Å². The van der Waals surface area contributed by atoms with Gasteiger partial charge in [-0.1, -0.05) is 43.3 Å². The third-order valence-corrected chi connectivity index (χ3v) is 4.27. The van der Waals surface area contributed by atoms with Crippen molar-refractivity contribution in [3.8, 4) is 0 Å². The topological polar surface area (TPSA) is 62.6 Å². The number of hydrogen-bond donors (Lipinski definition) is 3. The van der Waals surface area contributed by atoms with Gasteiger partial charge in [0.25, 0.3) is 11.8 Å². The number of anilines is 1. The van der Waals surface area contributed by atoms with Gasteiger partial charge in [-0.15, -0.1) is 0 Å². The fourth-order valence-corrected chi connectivity index (χ4v) is 2.86. The van der Waals surface area contributed by atoms with E-state index in [1.807, 2.05) is 31.2 Å². The lowest BCUT2D eigenvalue weighted by Gasteiger charge is -2.15. The van der Waals surface area contributed by atoms with Crippen molar-refractivity contribution in [1.82, 2.24) is 5.32 Å². The van der Waals surface area contributed by atoms with Gasteiger partial charge in [0.05, 0.1) is 7.05 Å². The highest BCUT2D eigenvalue weighted by Crippen LogP contribution is 2.14. The number of para-hydroxylation sites is 1. The molecule has 2 aromatic rings. The highest BCUT2D eigenvalue weighted by Gasteiger charge is 2.15. The fraction of sp³-hybridized carbons (Fsp3) is 0.333. The zero-order valence-electron chi connectivity index (χ0n) is 15.8. The Hall–Kier alpha value is -2.73. The fourth-order valence-electron chi connectivity index (χ4n) is 2.86. The van der Waals surface area contributed by atoms with Gasteiger partial charge in [0.15, 0.2) is 13.1 Å². The maximum Gasteiger partial charge on any atom is 0.279 e. The molecule has 0 spiro atoms. The maximum atomic E-state index is 13.5. The standard InChI is InChI=1S/C21H26FN3O2/c1-3-16-8-5-7-11-19(16)24-21(27)15-25(2)14-20(26)23-13-12-17-9-4-6-10-18(17)22/h4-11H,3,12-15H2,1-2H3,(H,23,26)(H,24,27)/p+1. The lowest BCUT2D eigenvalue weighted by molar-refractivity contribution is -0.862. The van der Waals surface area contributed by atoms with Crippen LogP contribution in [0.1, 0.15) is 18.1 Å². The van der Waals surface area contributed by atoms with Crippen molar-refractivity contribution < 1.29 is 18.9 Å².